The van der Waals surface area contributed by atoms with Gasteiger partial charge in [0.25, 0.3) is 29.5 Å². The Balaban J connectivity index is 0.000000166. The van der Waals surface area contributed by atoms with Crippen molar-refractivity contribution >= 4 is 64.3 Å². The van der Waals surface area contributed by atoms with Crippen LogP contribution in [0.3, 0.4) is 0 Å². The van der Waals surface area contributed by atoms with Crippen LogP contribution in [-0.4, -0.2) is 222 Å². The molecule has 0 atom stereocenters. The molecule has 0 radical (unpaired) electrons. The average molecular weight is 2030 g/mol. The summed E-state index contributed by atoms with van der Waals surface area (Å²) in [6.07, 6.45) is 40.4. The molecule has 5 aliphatic rings. The predicted octanol–water partition coefficient (Wildman–Crippen LogP) is 18.9. The molecule has 31 heteroatoms. The Morgan fingerprint density at radius 2 is 0.725 bits per heavy atom. The van der Waals surface area contributed by atoms with Crippen LogP contribution in [0.2, 0.25) is 0 Å². The number of imidazole rings is 1. The Hall–Kier alpha value is -13.4. The number of likely N-dealkylation sites (tertiary alicyclic amines) is 1. The number of anilines is 6. The lowest BCUT2D eigenvalue weighted by molar-refractivity contribution is 0.0945. The number of nitrogens with one attached hydrogen (secondary N) is 10. The molecule has 3 aliphatic carbocycles. The van der Waals surface area contributed by atoms with Crippen molar-refractivity contribution in [3.63, 3.8) is 0 Å². The molecular formula is C118H165N25O6. The minimum atomic E-state index is -0.163. The van der Waals surface area contributed by atoms with Crippen LogP contribution in [-0.2, 0) is 45.1 Å². The molecule has 0 bridgehead atoms. The second kappa shape index (κ2) is 58.5. The molecule has 31 nitrogen and oxygen atoms in total. The van der Waals surface area contributed by atoms with Gasteiger partial charge in [0.2, 0.25) is 0 Å². The van der Waals surface area contributed by atoms with Crippen molar-refractivity contribution in [1.82, 2.24) is 95.8 Å². The molecule has 10 N–H and O–H groups in total. The fraction of sp³-hybridized carbons (Fsp3) is 0.508. The molecule has 2 aliphatic heterocycles. The molecule has 6 aromatic heterocycles. The van der Waals surface area contributed by atoms with Gasteiger partial charge >= 0.3 is 0 Å². The zero-order valence-corrected chi connectivity index (χ0v) is 91.4. The standard InChI is InChI=1S/C26H36N6O.C25H36N6O.C25H37N5O2.2C21H28N4O/c1-19-8-9-21(15-22(19)7-6-13-32-14-12-27-18-32)10-11-28-25(33)23-16-29-20(2)31-24(23)30-17-26(3,4)5;1-19-27-18-23(24(28-19)29-21-6-4-3-5-7-21)25(32)26-13-12-20-8-10-22(11-9-20)31-16-14-30(2)15-17-31;1-18-27-16-22(23(29-18)28-17-25(2,3)4)24(31)26-13-10-19-6-8-20(9-7-19)32-21-11-14-30(5)15-12-21;1-15-7-6-8-17(13-15)11-12-22-21(26)19-14-23-16(2)24-20(19)25-18-9-4-3-5-10-18;1-15-8-10-17(11-9-15)12-13-22-21(26)19-14-23-16(2)24-20(19)25-18-6-4-3-5-7-18/h8-9,12,14-16,18H,6-7,10-11,13,17H2,1-5H3,(H,28,33)(H,29,30,31);8-11,18,21H,3-7,12-17H2,1-2H3,(H,26,32)(H,27,28,29);6-9,16,21H,10-15,17H2,1-5H3,(H,26,31)(H,27,28,29);6-8,13-14,18H,3-5,9-12H2,1-2H3,(H,22,26)(H,23,24,25);8-11,14,18H,3-7,12-13H2,1-2H3,(H,22,26)(H,23,24,25). The molecule has 149 heavy (non-hydrogen) atoms. The number of ether oxygens (including phenoxy) is 1. The van der Waals surface area contributed by atoms with Gasteiger partial charge < -0.3 is 77.2 Å². The van der Waals surface area contributed by atoms with Crippen molar-refractivity contribution in [2.75, 3.05) is 131 Å². The van der Waals surface area contributed by atoms with Gasteiger partial charge in [-0.2, -0.15) is 0 Å². The fourth-order valence-corrected chi connectivity index (χ4v) is 18.5. The molecule has 0 spiro atoms. The summed E-state index contributed by atoms with van der Waals surface area (Å²) in [4.78, 5) is 118. The molecule has 8 heterocycles. The molecule has 2 saturated heterocycles. The van der Waals surface area contributed by atoms with E-state index in [0.717, 1.165) is 167 Å². The van der Waals surface area contributed by atoms with Crippen LogP contribution >= 0.6 is 0 Å². The van der Waals surface area contributed by atoms with Gasteiger partial charge in [0.05, 0.1) is 6.33 Å². The summed E-state index contributed by atoms with van der Waals surface area (Å²) in [5.74, 6) is 6.74. The number of aromatic nitrogens is 12. The first-order chi connectivity index (χ1) is 71.7. The number of benzene rings is 5. The predicted molar refractivity (Wildman–Crippen MR) is 599 cm³/mol. The summed E-state index contributed by atoms with van der Waals surface area (Å²) < 4.78 is 8.22. The van der Waals surface area contributed by atoms with E-state index < -0.39 is 0 Å². The number of rotatable bonds is 37. The van der Waals surface area contributed by atoms with E-state index >= 15 is 0 Å². The van der Waals surface area contributed by atoms with Gasteiger partial charge in [-0.25, -0.2) is 54.8 Å². The number of piperidine rings is 1. The smallest absolute Gasteiger partial charge is 0.256 e. The highest BCUT2D eigenvalue weighted by atomic mass is 16.5. The van der Waals surface area contributed by atoms with Crippen LogP contribution in [0.1, 0.15) is 288 Å². The van der Waals surface area contributed by atoms with Gasteiger partial charge in [-0.15, -0.1) is 0 Å². The third-order valence-electron chi connectivity index (χ3n) is 27.4. The number of hydrogen-bond acceptors (Lipinski definition) is 25. The van der Waals surface area contributed by atoms with Gasteiger partial charge in [0.1, 0.15) is 97.9 Å². The highest BCUT2D eigenvalue weighted by Crippen LogP contribution is 2.30. The Bertz CT molecular complexity index is 6000. The molecule has 16 rings (SSSR count). The highest BCUT2D eigenvalue weighted by Gasteiger charge is 2.27. The van der Waals surface area contributed by atoms with Crippen LogP contribution in [0.5, 0.6) is 5.75 Å². The lowest BCUT2D eigenvalue weighted by Crippen LogP contribution is -2.44. The first-order valence-electron chi connectivity index (χ1n) is 54.2. The van der Waals surface area contributed by atoms with Crippen molar-refractivity contribution in [2.45, 2.75) is 282 Å². The van der Waals surface area contributed by atoms with Crippen molar-refractivity contribution in [3.05, 3.63) is 272 Å². The maximum absolute atomic E-state index is 12.9. The van der Waals surface area contributed by atoms with Crippen molar-refractivity contribution in [2.24, 2.45) is 10.8 Å². The third-order valence-corrected chi connectivity index (χ3v) is 27.4. The quantitative estimate of drug-likeness (QED) is 0.0173. The largest absolute Gasteiger partial charge is 0.490 e. The first-order valence-corrected chi connectivity index (χ1v) is 54.2. The lowest BCUT2D eigenvalue weighted by Gasteiger charge is -2.34. The highest BCUT2D eigenvalue weighted by molar-refractivity contribution is 6.01. The monoisotopic (exact) mass is 2030 g/mol. The summed E-state index contributed by atoms with van der Waals surface area (Å²) in [7, 11) is 4.32. The number of carbonyl (C=O) groups is 5. The summed E-state index contributed by atoms with van der Waals surface area (Å²) in [5.41, 5.74) is 15.2. The van der Waals surface area contributed by atoms with E-state index in [0.29, 0.717) is 143 Å². The van der Waals surface area contributed by atoms with Gasteiger partial charge in [0, 0.05) is 159 Å². The third kappa shape index (κ3) is 39.9. The van der Waals surface area contributed by atoms with Crippen molar-refractivity contribution < 1.29 is 28.7 Å². The normalized spacial score (nSPS) is 14.9. The van der Waals surface area contributed by atoms with Crippen LogP contribution in [0.25, 0.3) is 0 Å². The molecule has 11 aromatic rings. The van der Waals surface area contributed by atoms with E-state index in [9.17, 15) is 24.0 Å². The summed E-state index contributed by atoms with van der Waals surface area (Å²) in [5, 5.41) is 32.1. The molecule has 5 aromatic carbocycles. The number of hydrogen-bond donors (Lipinski definition) is 10. The number of piperazine rings is 1. The number of carbonyl (C=O) groups excluding carboxylic acids is 5. The molecule has 798 valence electrons. The van der Waals surface area contributed by atoms with Gasteiger partial charge in [-0.1, -0.05) is 201 Å². The van der Waals surface area contributed by atoms with Gasteiger partial charge in [0.15, 0.2) is 0 Å². The number of aryl methyl sites for hydroxylation is 10. The summed E-state index contributed by atoms with van der Waals surface area (Å²) in [6, 6.07) is 41.5. The minimum absolute atomic E-state index is 0.0779. The molecular weight excluding hydrogens is 1860 g/mol. The van der Waals surface area contributed by atoms with Crippen LogP contribution < -0.4 is 62.8 Å². The van der Waals surface area contributed by atoms with Crippen molar-refractivity contribution in [3.8, 4) is 5.75 Å². The summed E-state index contributed by atoms with van der Waals surface area (Å²) in [6.45, 7) is 40.2. The number of nitrogens with zero attached hydrogens (tertiary/aromatic N) is 15. The molecule has 3 saturated carbocycles. The van der Waals surface area contributed by atoms with Crippen LogP contribution in [0, 0.1) is 66.2 Å². The van der Waals surface area contributed by atoms with Gasteiger partial charge in [-0.3, -0.25) is 24.0 Å². The van der Waals surface area contributed by atoms with E-state index in [4.69, 9.17) is 4.74 Å². The Morgan fingerprint density at radius 1 is 0.369 bits per heavy atom. The van der Waals surface area contributed by atoms with Gasteiger partial charge in [-0.05, 0) is 240 Å². The van der Waals surface area contributed by atoms with Crippen molar-refractivity contribution in [1.29, 1.82) is 0 Å². The van der Waals surface area contributed by atoms with E-state index in [-0.39, 0.29) is 40.4 Å². The van der Waals surface area contributed by atoms with Crippen LogP contribution in [0.15, 0.2) is 165 Å². The topological polar surface area (TPSA) is 371 Å². The first kappa shape index (κ1) is 114. The second-order valence-electron chi connectivity index (χ2n) is 43.1. The van der Waals surface area contributed by atoms with E-state index in [1.54, 1.807) is 31.0 Å². The van der Waals surface area contributed by atoms with Crippen LogP contribution in [0.4, 0.5) is 34.8 Å². The lowest BCUT2D eigenvalue weighted by atomic mass is 9.95. The van der Waals surface area contributed by atoms with E-state index in [1.807, 2.05) is 71.5 Å². The SMILES string of the molecule is Cc1ccc(CCNC(=O)c2cnc(C)nc2NC2CCCCC2)cc1.Cc1cccc(CCNC(=O)c2cnc(C)nc2NC2CCCCC2)c1.Cc1ncc(C(=O)NCCc2ccc(C)c(CCCn3ccnc3)c2)c(NCC(C)(C)C)n1.Cc1ncc(C(=O)NCCc2ccc(N3CCN(C)CC3)cc2)c(NC2CCCCC2)n1.Cc1ncc(C(=O)NCCc2ccc(OC3CCN(C)CC3)cc2)c(NCC(C)(C)C)n1. The minimum Gasteiger partial charge on any atom is -0.490 e. The Morgan fingerprint density at radius 3 is 1.11 bits per heavy atom. The summed E-state index contributed by atoms with van der Waals surface area (Å²) >= 11 is 0. The second-order valence-corrected chi connectivity index (χ2v) is 43.1. The zero-order valence-electron chi connectivity index (χ0n) is 91.4. The Kier molecular flexibility index (Phi) is 44.9. The fourth-order valence-electron chi connectivity index (χ4n) is 18.5. The molecule has 0 unspecified atom stereocenters. The Labute approximate surface area is 884 Å². The number of amides is 5. The molecule has 5 amide bonds. The number of likely N-dealkylation sites (N-methyl/N-ethyl adjacent to an activating group) is 1. The van der Waals surface area contributed by atoms with E-state index in [1.165, 1.54) is 108 Å². The maximum Gasteiger partial charge on any atom is 0.256 e. The van der Waals surface area contributed by atoms with E-state index in [2.05, 4.69) is 301 Å². The average Bonchev–Trinajstić information content (AvgIpc) is 1.09. The molecule has 5 fully saturated rings. The zero-order chi connectivity index (χ0) is 106. The maximum atomic E-state index is 12.9.